The number of halogens is 4. The van der Waals surface area contributed by atoms with Gasteiger partial charge in [-0.05, 0) is 60.6 Å². The highest BCUT2D eigenvalue weighted by Gasteiger charge is 2.38. The zero-order chi connectivity index (χ0) is 24.9. The second kappa shape index (κ2) is 12.5. The maximum Gasteiger partial charge on any atom is 0.441 e. The Labute approximate surface area is 221 Å². The van der Waals surface area contributed by atoms with Gasteiger partial charge in [0.1, 0.15) is 5.25 Å². The van der Waals surface area contributed by atoms with Crippen molar-refractivity contribution in [1.82, 2.24) is 5.32 Å². The standard InChI is InChI=1S/C21H22Cl4NO6PS/c1-3-31-33(28,32-19-16(24)5-4-12(2)18(19)25)34-20(13-8-14(22)10-15(23)9-13)21(27)26-11-17-29-6-7-30-17/h4-5,8-10,17,20H,3,6-7,11H2,1-2H3,(H,26,27). The lowest BCUT2D eigenvalue weighted by atomic mass is 10.1. The first kappa shape index (κ1) is 27.9. The summed E-state index contributed by atoms with van der Waals surface area (Å²) in [5.74, 6) is -0.490. The van der Waals surface area contributed by atoms with Crippen molar-refractivity contribution in [2.75, 3.05) is 26.4 Å². The van der Waals surface area contributed by atoms with E-state index in [-0.39, 0.29) is 28.9 Å². The molecule has 34 heavy (non-hydrogen) atoms. The second-order valence-corrected chi connectivity index (χ2v) is 12.7. The zero-order valence-corrected chi connectivity index (χ0v) is 22.9. The summed E-state index contributed by atoms with van der Waals surface area (Å²) >= 11 is 25.6. The molecule has 186 valence electrons. The van der Waals surface area contributed by atoms with Gasteiger partial charge in [0.2, 0.25) is 5.91 Å². The molecular weight excluding hydrogens is 567 g/mol. The third kappa shape index (κ3) is 7.42. The van der Waals surface area contributed by atoms with Gasteiger partial charge in [-0.25, -0.2) is 4.57 Å². The topological polar surface area (TPSA) is 83.1 Å². The summed E-state index contributed by atoms with van der Waals surface area (Å²) in [5.41, 5.74) is 1.07. The van der Waals surface area contributed by atoms with Gasteiger partial charge in [-0.2, -0.15) is 0 Å². The van der Waals surface area contributed by atoms with Gasteiger partial charge in [-0.15, -0.1) is 0 Å². The number of amides is 1. The minimum absolute atomic E-state index is 0.00339. The number of ether oxygens (including phenoxy) is 2. The van der Waals surface area contributed by atoms with Crippen LogP contribution in [0.4, 0.5) is 0 Å². The molecule has 2 aromatic rings. The van der Waals surface area contributed by atoms with Crippen LogP contribution in [0.1, 0.15) is 23.3 Å². The molecule has 2 unspecified atom stereocenters. The molecule has 0 spiro atoms. The fourth-order valence-corrected chi connectivity index (χ4v) is 7.94. The highest BCUT2D eigenvalue weighted by Crippen LogP contribution is 2.66. The fourth-order valence-electron chi connectivity index (χ4n) is 2.98. The van der Waals surface area contributed by atoms with Crippen LogP contribution in [-0.4, -0.2) is 38.6 Å². The molecule has 1 heterocycles. The van der Waals surface area contributed by atoms with Crippen LogP contribution in [0, 0.1) is 6.92 Å². The molecule has 1 fully saturated rings. The second-order valence-electron chi connectivity index (χ2n) is 7.07. The molecule has 2 aromatic carbocycles. The Morgan fingerprint density at radius 1 is 1.18 bits per heavy atom. The lowest BCUT2D eigenvalue weighted by Crippen LogP contribution is -2.35. The Morgan fingerprint density at radius 2 is 1.82 bits per heavy atom. The number of aryl methyl sites for hydroxylation is 1. The summed E-state index contributed by atoms with van der Waals surface area (Å²) in [5, 5.41) is 2.62. The summed E-state index contributed by atoms with van der Waals surface area (Å²) in [6, 6.07) is 7.90. The van der Waals surface area contributed by atoms with E-state index in [4.69, 9.17) is 64.9 Å². The van der Waals surface area contributed by atoms with E-state index in [1.807, 2.05) is 0 Å². The summed E-state index contributed by atoms with van der Waals surface area (Å²) in [7, 11) is 0. The van der Waals surface area contributed by atoms with E-state index in [9.17, 15) is 9.36 Å². The molecule has 3 rings (SSSR count). The molecule has 1 aliphatic heterocycles. The van der Waals surface area contributed by atoms with E-state index in [0.717, 1.165) is 0 Å². The minimum atomic E-state index is -4.03. The van der Waals surface area contributed by atoms with Gasteiger partial charge < -0.3 is 19.3 Å². The molecule has 1 aliphatic rings. The number of hydrogen-bond acceptors (Lipinski definition) is 7. The Hall–Kier alpha value is -0.670. The highest BCUT2D eigenvalue weighted by atomic mass is 35.5. The highest BCUT2D eigenvalue weighted by molar-refractivity contribution is 8.55. The van der Waals surface area contributed by atoms with E-state index in [1.54, 1.807) is 38.1 Å². The van der Waals surface area contributed by atoms with Crippen molar-refractivity contribution in [2.45, 2.75) is 25.4 Å². The van der Waals surface area contributed by atoms with E-state index < -0.39 is 24.2 Å². The van der Waals surface area contributed by atoms with Crippen molar-refractivity contribution in [1.29, 1.82) is 0 Å². The molecular formula is C21H22Cl4NO6PS. The molecule has 0 saturated carbocycles. The van der Waals surface area contributed by atoms with Crippen LogP contribution in [0.2, 0.25) is 20.1 Å². The van der Waals surface area contributed by atoms with Crippen LogP contribution >= 0.6 is 64.6 Å². The predicted molar refractivity (Wildman–Crippen MR) is 137 cm³/mol. The first-order valence-electron chi connectivity index (χ1n) is 10.2. The van der Waals surface area contributed by atoms with Crippen molar-refractivity contribution in [3.8, 4) is 5.75 Å². The van der Waals surface area contributed by atoms with Gasteiger partial charge in [0, 0.05) is 10.0 Å². The van der Waals surface area contributed by atoms with Crippen LogP contribution in [0.25, 0.3) is 0 Å². The summed E-state index contributed by atoms with van der Waals surface area (Å²) in [4.78, 5) is 13.2. The van der Waals surface area contributed by atoms with E-state index in [1.165, 1.54) is 6.07 Å². The van der Waals surface area contributed by atoms with Crippen LogP contribution in [0.15, 0.2) is 30.3 Å². The molecule has 1 amide bonds. The first-order valence-corrected chi connectivity index (χ1v) is 14.7. The van der Waals surface area contributed by atoms with Gasteiger partial charge in [0.05, 0.1) is 36.4 Å². The lowest BCUT2D eigenvalue weighted by molar-refractivity contribution is -0.122. The number of nitrogens with one attached hydrogen (secondary N) is 1. The first-order chi connectivity index (χ1) is 16.1. The molecule has 2 atom stereocenters. The summed E-state index contributed by atoms with van der Waals surface area (Å²) in [6.45, 7) is 0.384. The molecule has 0 aromatic heterocycles. The number of carbonyl (C=O) groups is 1. The van der Waals surface area contributed by atoms with Crippen molar-refractivity contribution < 1.29 is 27.9 Å². The van der Waals surface area contributed by atoms with Gasteiger partial charge in [0.15, 0.2) is 12.0 Å². The monoisotopic (exact) mass is 587 g/mol. The minimum Gasteiger partial charge on any atom is -0.414 e. The maximum absolute atomic E-state index is 13.8. The Kier molecular flexibility index (Phi) is 10.3. The average Bonchev–Trinajstić information content (AvgIpc) is 3.29. The largest absolute Gasteiger partial charge is 0.441 e. The Balaban J connectivity index is 1.93. The molecule has 1 N–H and O–H groups in total. The summed E-state index contributed by atoms with van der Waals surface area (Å²) in [6.07, 6.45) is -0.572. The number of rotatable bonds is 10. The number of benzene rings is 2. The molecule has 7 nitrogen and oxygen atoms in total. The molecule has 0 radical (unpaired) electrons. The number of carbonyl (C=O) groups excluding carboxylic acids is 1. The van der Waals surface area contributed by atoms with E-state index in [2.05, 4.69) is 5.32 Å². The van der Waals surface area contributed by atoms with Gasteiger partial charge in [-0.3, -0.25) is 9.32 Å². The molecule has 1 saturated heterocycles. The summed E-state index contributed by atoms with van der Waals surface area (Å²) < 4.78 is 35.8. The number of hydrogen-bond donors (Lipinski definition) is 1. The normalized spacial score (nSPS) is 16.8. The zero-order valence-electron chi connectivity index (χ0n) is 18.2. The molecule has 0 aliphatic carbocycles. The van der Waals surface area contributed by atoms with Gasteiger partial charge in [-0.1, -0.05) is 52.5 Å². The van der Waals surface area contributed by atoms with Crippen molar-refractivity contribution >= 4 is 70.5 Å². The smallest absolute Gasteiger partial charge is 0.414 e. The van der Waals surface area contributed by atoms with Crippen molar-refractivity contribution in [3.63, 3.8) is 0 Å². The van der Waals surface area contributed by atoms with Crippen molar-refractivity contribution in [3.05, 3.63) is 61.5 Å². The third-order valence-corrected chi connectivity index (χ3v) is 9.61. The third-order valence-electron chi connectivity index (χ3n) is 4.53. The van der Waals surface area contributed by atoms with Gasteiger partial charge >= 0.3 is 6.80 Å². The fraction of sp³-hybridized carbons (Fsp3) is 0.381. The van der Waals surface area contributed by atoms with Crippen LogP contribution in [0.5, 0.6) is 5.75 Å². The SMILES string of the molecule is CCOP(=O)(Oc1c(Cl)ccc(C)c1Cl)SC(C(=O)NCC1OCCO1)c1cc(Cl)cc(Cl)c1. The molecule has 0 bridgehead atoms. The van der Waals surface area contributed by atoms with Crippen LogP contribution in [-0.2, 0) is 23.4 Å². The van der Waals surface area contributed by atoms with Crippen LogP contribution < -0.4 is 9.84 Å². The van der Waals surface area contributed by atoms with Crippen molar-refractivity contribution in [2.24, 2.45) is 0 Å². The van der Waals surface area contributed by atoms with E-state index >= 15 is 0 Å². The van der Waals surface area contributed by atoms with E-state index in [0.29, 0.717) is 45.8 Å². The quantitative estimate of drug-likeness (QED) is 0.296. The Morgan fingerprint density at radius 3 is 2.44 bits per heavy atom. The van der Waals surface area contributed by atoms with Gasteiger partial charge in [0.25, 0.3) is 0 Å². The average molecular weight is 589 g/mol. The predicted octanol–water partition coefficient (Wildman–Crippen LogP) is 7.10. The molecule has 13 heteroatoms. The van der Waals surface area contributed by atoms with Crippen LogP contribution in [0.3, 0.4) is 0 Å². The Bertz CT molecular complexity index is 1070. The lowest BCUT2D eigenvalue weighted by Gasteiger charge is -2.24. The maximum atomic E-state index is 13.8.